The van der Waals surface area contributed by atoms with Crippen LogP contribution in [0.25, 0.3) is 0 Å². The number of hydrogen-bond acceptors (Lipinski definition) is 4. The van der Waals surface area contributed by atoms with Crippen molar-refractivity contribution in [1.82, 2.24) is 0 Å². The smallest absolute Gasteiger partial charge is 0.207 e. The third-order valence-corrected chi connectivity index (χ3v) is 2.27. The number of carbonyl (C=O) groups excluding carboxylic acids is 3. The maximum atomic E-state index is 10.8. The quantitative estimate of drug-likeness (QED) is 0.505. The van der Waals surface area contributed by atoms with Crippen LogP contribution < -0.4 is 0 Å². The summed E-state index contributed by atoms with van der Waals surface area (Å²) in [4.78, 5) is 32.1. The molecule has 0 aliphatic carbocycles. The van der Waals surface area contributed by atoms with Gasteiger partial charge >= 0.3 is 0 Å². The molecule has 0 aromatic rings. The van der Waals surface area contributed by atoms with Crippen molar-refractivity contribution in [2.24, 2.45) is 5.92 Å². The Labute approximate surface area is 62.2 Å². The Kier molecular flexibility index (Phi) is 1.89. The Morgan fingerprint density at radius 2 is 2.20 bits per heavy atom. The molecule has 1 saturated heterocycles. The average molecular weight is 158 g/mol. The Morgan fingerprint density at radius 3 is 2.40 bits per heavy atom. The summed E-state index contributed by atoms with van der Waals surface area (Å²) in [5, 5.41) is -0.294. The third kappa shape index (κ3) is 1.11. The van der Waals surface area contributed by atoms with Gasteiger partial charge in [-0.2, -0.15) is 0 Å². The zero-order valence-electron chi connectivity index (χ0n) is 5.42. The van der Waals surface area contributed by atoms with Crippen LogP contribution in [0, 0.1) is 5.92 Å². The molecule has 1 heterocycles. The van der Waals surface area contributed by atoms with Crippen molar-refractivity contribution in [2.45, 2.75) is 6.92 Å². The van der Waals surface area contributed by atoms with E-state index in [0.29, 0.717) is 0 Å². The minimum atomic E-state index is -0.954. The van der Waals surface area contributed by atoms with Gasteiger partial charge in [0.2, 0.25) is 5.12 Å². The van der Waals surface area contributed by atoms with Gasteiger partial charge in [0.1, 0.15) is 11.7 Å². The van der Waals surface area contributed by atoms with Crippen molar-refractivity contribution in [3.63, 3.8) is 0 Å². The van der Waals surface area contributed by atoms with Crippen LogP contribution >= 0.6 is 11.8 Å². The second-order valence-corrected chi connectivity index (χ2v) is 3.10. The Bertz CT molecular complexity index is 193. The molecule has 1 fully saturated rings. The molecule has 1 atom stereocenters. The highest BCUT2D eigenvalue weighted by molar-refractivity contribution is 8.15. The number of thioether (sulfide) groups is 1. The summed E-state index contributed by atoms with van der Waals surface area (Å²) < 4.78 is 0. The fourth-order valence-corrected chi connectivity index (χ4v) is 1.75. The zero-order chi connectivity index (χ0) is 7.72. The number of carbonyl (C=O) groups is 3. The third-order valence-electron chi connectivity index (χ3n) is 1.32. The van der Waals surface area contributed by atoms with Crippen molar-refractivity contribution in [2.75, 3.05) is 5.75 Å². The number of rotatable bonds is 1. The summed E-state index contributed by atoms with van der Waals surface area (Å²) >= 11 is 0.932. The normalized spacial score (nSPS) is 25.5. The van der Waals surface area contributed by atoms with E-state index < -0.39 is 5.92 Å². The summed E-state index contributed by atoms with van der Waals surface area (Å²) in [6.07, 6.45) is 0. The predicted molar refractivity (Wildman–Crippen MR) is 36.6 cm³/mol. The lowest BCUT2D eigenvalue weighted by Crippen LogP contribution is -2.22. The number of ketones is 2. The molecule has 0 spiro atoms. The number of Topliss-reactive ketones (excluding diaryl/α,β-unsaturated/α-hetero) is 2. The van der Waals surface area contributed by atoms with Crippen LogP contribution in [-0.4, -0.2) is 22.4 Å². The van der Waals surface area contributed by atoms with Gasteiger partial charge in [-0.3, -0.25) is 14.4 Å². The SMILES string of the molecule is CC(=O)C1C(=O)CSC1=O. The molecule has 4 heteroatoms. The molecule has 0 bridgehead atoms. The second kappa shape index (κ2) is 2.54. The highest BCUT2D eigenvalue weighted by atomic mass is 32.2. The fourth-order valence-electron chi connectivity index (χ4n) is 0.833. The summed E-state index contributed by atoms with van der Waals surface area (Å²) in [5.41, 5.74) is 0. The Morgan fingerprint density at radius 1 is 1.60 bits per heavy atom. The number of hydrogen-bond donors (Lipinski definition) is 0. The van der Waals surface area contributed by atoms with E-state index >= 15 is 0 Å². The zero-order valence-corrected chi connectivity index (χ0v) is 6.23. The molecule has 54 valence electrons. The van der Waals surface area contributed by atoms with Gasteiger partial charge in [0.25, 0.3) is 0 Å². The first-order chi connectivity index (χ1) is 4.63. The van der Waals surface area contributed by atoms with E-state index in [2.05, 4.69) is 0 Å². The van der Waals surface area contributed by atoms with Gasteiger partial charge in [-0.15, -0.1) is 0 Å². The molecule has 0 saturated carbocycles. The first kappa shape index (κ1) is 7.47. The molecule has 0 aromatic heterocycles. The first-order valence-electron chi connectivity index (χ1n) is 2.82. The van der Waals surface area contributed by atoms with E-state index in [9.17, 15) is 14.4 Å². The molecular formula is C6H6O3S. The highest BCUT2D eigenvalue weighted by Crippen LogP contribution is 2.22. The largest absolute Gasteiger partial charge is 0.299 e. The van der Waals surface area contributed by atoms with Crippen LogP contribution in [-0.2, 0) is 14.4 Å². The first-order valence-corrected chi connectivity index (χ1v) is 3.81. The fraction of sp³-hybridized carbons (Fsp3) is 0.500. The van der Waals surface area contributed by atoms with Crippen LogP contribution in [0.1, 0.15) is 6.92 Å². The van der Waals surface area contributed by atoms with Gasteiger partial charge in [-0.05, 0) is 6.92 Å². The van der Waals surface area contributed by atoms with Gasteiger partial charge in [-0.1, -0.05) is 11.8 Å². The van der Waals surface area contributed by atoms with E-state index in [1.165, 1.54) is 6.92 Å². The minimum Gasteiger partial charge on any atom is -0.299 e. The molecule has 0 amide bonds. The minimum absolute atomic E-state index is 0.170. The molecule has 1 aliphatic heterocycles. The molecule has 0 radical (unpaired) electrons. The van der Waals surface area contributed by atoms with Gasteiger partial charge in [0.15, 0.2) is 5.78 Å². The standard InChI is InChI=1S/C6H6O3S/c1-3(7)5-4(8)2-10-6(5)9/h5H,2H2,1H3. The van der Waals surface area contributed by atoms with E-state index in [1.54, 1.807) is 0 Å². The van der Waals surface area contributed by atoms with E-state index in [1.807, 2.05) is 0 Å². The van der Waals surface area contributed by atoms with Gasteiger partial charge in [0, 0.05) is 0 Å². The van der Waals surface area contributed by atoms with Crippen molar-refractivity contribution >= 4 is 28.4 Å². The van der Waals surface area contributed by atoms with Gasteiger partial charge < -0.3 is 0 Å². The lowest BCUT2D eigenvalue weighted by molar-refractivity contribution is -0.133. The maximum absolute atomic E-state index is 10.8. The van der Waals surface area contributed by atoms with E-state index in [-0.39, 0.29) is 22.4 Å². The second-order valence-electron chi connectivity index (χ2n) is 2.12. The average Bonchev–Trinajstić information content (AvgIpc) is 2.11. The molecule has 1 unspecified atom stereocenters. The maximum Gasteiger partial charge on any atom is 0.207 e. The van der Waals surface area contributed by atoms with Crippen molar-refractivity contribution in [3.8, 4) is 0 Å². The van der Waals surface area contributed by atoms with Gasteiger partial charge in [0.05, 0.1) is 5.75 Å². The molecule has 1 rings (SSSR count). The Balaban J connectivity index is 2.82. The molecule has 0 N–H and O–H groups in total. The summed E-state index contributed by atoms with van der Waals surface area (Å²) in [5.74, 6) is -1.36. The van der Waals surface area contributed by atoms with E-state index in [4.69, 9.17) is 0 Å². The molecular weight excluding hydrogens is 152 g/mol. The Hall–Kier alpha value is -0.640. The highest BCUT2D eigenvalue weighted by Gasteiger charge is 2.37. The molecule has 3 nitrogen and oxygen atoms in total. The van der Waals surface area contributed by atoms with Crippen LogP contribution in [0.15, 0.2) is 0 Å². The van der Waals surface area contributed by atoms with Crippen LogP contribution in [0.4, 0.5) is 0 Å². The van der Waals surface area contributed by atoms with Gasteiger partial charge in [-0.25, -0.2) is 0 Å². The monoisotopic (exact) mass is 158 g/mol. The summed E-state index contributed by atoms with van der Waals surface area (Å²) in [7, 11) is 0. The van der Waals surface area contributed by atoms with Crippen molar-refractivity contribution in [1.29, 1.82) is 0 Å². The summed E-state index contributed by atoms with van der Waals surface area (Å²) in [6.45, 7) is 1.27. The van der Waals surface area contributed by atoms with E-state index in [0.717, 1.165) is 11.8 Å². The van der Waals surface area contributed by atoms with Crippen LogP contribution in [0.5, 0.6) is 0 Å². The molecule has 10 heavy (non-hydrogen) atoms. The summed E-state index contributed by atoms with van der Waals surface area (Å²) in [6, 6.07) is 0. The predicted octanol–water partition coefficient (Wildman–Crippen LogP) is 0.0341. The van der Waals surface area contributed by atoms with Crippen LogP contribution in [0.3, 0.4) is 0 Å². The lowest BCUT2D eigenvalue weighted by Gasteiger charge is -1.96. The van der Waals surface area contributed by atoms with Crippen molar-refractivity contribution < 1.29 is 14.4 Å². The van der Waals surface area contributed by atoms with Crippen molar-refractivity contribution in [3.05, 3.63) is 0 Å². The molecule has 1 aliphatic rings. The molecule has 0 aromatic carbocycles. The topological polar surface area (TPSA) is 51.2 Å². The van der Waals surface area contributed by atoms with Crippen LogP contribution in [0.2, 0.25) is 0 Å². The lowest BCUT2D eigenvalue weighted by atomic mass is 10.0.